The third-order valence-electron chi connectivity index (χ3n) is 3.76. The lowest BCUT2D eigenvalue weighted by atomic mass is 10.1. The number of nitrogens with zero attached hydrogens (tertiary/aromatic N) is 1. The van der Waals surface area contributed by atoms with Crippen LogP contribution in [-0.2, 0) is 4.79 Å². The zero-order chi connectivity index (χ0) is 18.7. The molecular weight excluding hydrogens is 460 g/mol. The van der Waals surface area contributed by atoms with Crippen LogP contribution in [0.2, 0.25) is 0 Å². The molecule has 0 unspecified atom stereocenters. The highest BCUT2D eigenvalue weighted by Gasteiger charge is 2.13. The van der Waals surface area contributed by atoms with Crippen molar-refractivity contribution < 1.29 is 9.90 Å². The monoisotopic (exact) mass is 470 g/mol. The van der Waals surface area contributed by atoms with E-state index in [0.29, 0.717) is 20.2 Å². The van der Waals surface area contributed by atoms with E-state index >= 15 is 0 Å². The molecule has 0 aliphatic rings. The van der Waals surface area contributed by atoms with Crippen molar-refractivity contribution in [3.8, 4) is 11.8 Å². The van der Waals surface area contributed by atoms with Crippen LogP contribution in [0, 0.1) is 11.3 Å². The molecule has 0 fully saturated rings. The quantitative estimate of drug-likeness (QED) is 0.384. The lowest BCUT2D eigenvalue weighted by Crippen LogP contribution is -2.13. The molecule has 3 aromatic rings. The third kappa shape index (κ3) is 3.79. The molecule has 26 heavy (non-hydrogen) atoms. The molecule has 0 atom stereocenters. The van der Waals surface area contributed by atoms with Crippen LogP contribution in [0.1, 0.15) is 5.56 Å². The zero-order valence-electron chi connectivity index (χ0n) is 13.3. The molecule has 3 rings (SSSR count). The smallest absolute Gasteiger partial charge is 0.266 e. The van der Waals surface area contributed by atoms with Crippen molar-refractivity contribution in [2.75, 3.05) is 5.32 Å². The number of fused-ring (bicyclic) bond motifs is 1. The number of nitriles is 1. The van der Waals surface area contributed by atoms with Crippen LogP contribution >= 0.6 is 31.9 Å². The maximum Gasteiger partial charge on any atom is 0.266 e. The molecule has 0 saturated carbocycles. The summed E-state index contributed by atoms with van der Waals surface area (Å²) < 4.78 is 1.17. The first-order valence-electron chi connectivity index (χ1n) is 7.58. The average molecular weight is 472 g/mol. The van der Waals surface area contributed by atoms with E-state index in [1.807, 2.05) is 42.5 Å². The summed E-state index contributed by atoms with van der Waals surface area (Å²) in [5.41, 5.74) is 0.864. The van der Waals surface area contributed by atoms with Gasteiger partial charge in [0.25, 0.3) is 5.91 Å². The number of hydrogen-bond donors (Lipinski definition) is 2. The fourth-order valence-corrected chi connectivity index (χ4v) is 3.78. The van der Waals surface area contributed by atoms with Gasteiger partial charge in [0.1, 0.15) is 17.4 Å². The Morgan fingerprint density at radius 3 is 2.62 bits per heavy atom. The highest BCUT2D eigenvalue weighted by atomic mass is 79.9. The van der Waals surface area contributed by atoms with Gasteiger partial charge in [-0.3, -0.25) is 4.79 Å². The first-order valence-corrected chi connectivity index (χ1v) is 9.17. The van der Waals surface area contributed by atoms with Gasteiger partial charge >= 0.3 is 0 Å². The standard InChI is InChI=1S/C20H12Br2N2O2/c21-15-9-13(19(25)17(22)10-15)8-14(11-23)20(26)24-18-7-3-5-12-4-1-2-6-16(12)18/h1-10,25H,(H,24,26). The second-order valence-corrected chi connectivity index (χ2v) is 7.25. The second kappa shape index (κ2) is 7.73. The van der Waals surface area contributed by atoms with E-state index in [2.05, 4.69) is 37.2 Å². The molecule has 1 amide bonds. The van der Waals surface area contributed by atoms with E-state index < -0.39 is 5.91 Å². The molecule has 0 bridgehead atoms. The van der Waals surface area contributed by atoms with E-state index in [1.165, 1.54) is 6.08 Å². The van der Waals surface area contributed by atoms with Crippen molar-refractivity contribution in [3.05, 3.63) is 74.7 Å². The van der Waals surface area contributed by atoms with E-state index in [9.17, 15) is 15.2 Å². The van der Waals surface area contributed by atoms with Gasteiger partial charge in [-0.05, 0) is 45.6 Å². The first kappa shape index (κ1) is 18.2. The van der Waals surface area contributed by atoms with E-state index in [-0.39, 0.29) is 11.3 Å². The number of hydrogen-bond acceptors (Lipinski definition) is 3. The number of carbonyl (C=O) groups excluding carboxylic acids is 1. The van der Waals surface area contributed by atoms with Crippen molar-refractivity contribution in [3.63, 3.8) is 0 Å². The number of benzene rings is 3. The lowest BCUT2D eigenvalue weighted by Gasteiger charge is -2.09. The molecule has 4 nitrogen and oxygen atoms in total. The third-order valence-corrected chi connectivity index (χ3v) is 4.82. The van der Waals surface area contributed by atoms with Gasteiger partial charge in [0.2, 0.25) is 0 Å². The number of aromatic hydroxyl groups is 1. The summed E-state index contributed by atoms with van der Waals surface area (Å²) in [7, 11) is 0. The minimum atomic E-state index is -0.542. The Kier molecular flexibility index (Phi) is 5.40. The number of phenols is 1. The number of nitrogens with one attached hydrogen (secondary N) is 1. The van der Waals surface area contributed by atoms with Crippen molar-refractivity contribution in [1.82, 2.24) is 0 Å². The van der Waals surface area contributed by atoms with Gasteiger partial charge in [-0.25, -0.2) is 0 Å². The Balaban J connectivity index is 1.96. The first-order chi connectivity index (χ1) is 12.5. The molecule has 2 N–H and O–H groups in total. The summed E-state index contributed by atoms with van der Waals surface area (Å²) >= 11 is 6.56. The number of anilines is 1. The SMILES string of the molecule is N#CC(=Cc1cc(Br)cc(Br)c1O)C(=O)Nc1cccc2ccccc12. The molecule has 128 valence electrons. The van der Waals surface area contributed by atoms with Crippen LogP contribution in [-0.4, -0.2) is 11.0 Å². The van der Waals surface area contributed by atoms with E-state index in [1.54, 1.807) is 18.2 Å². The predicted octanol–water partition coefficient (Wildman–Crippen LogP) is 5.62. The van der Waals surface area contributed by atoms with Gasteiger partial charge in [-0.2, -0.15) is 5.26 Å². The molecule has 0 aliphatic heterocycles. The van der Waals surface area contributed by atoms with Crippen LogP contribution in [0.15, 0.2) is 69.1 Å². The number of rotatable bonds is 3. The number of halogens is 2. The normalized spacial score (nSPS) is 11.2. The highest BCUT2D eigenvalue weighted by Crippen LogP contribution is 2.33. The highest BCUT2D eigenvalue weighted by molar-refractivity contribution is 9.11. The van der Waals surface area contributed by atoms with Crippen LogP contribution in [0.5, 0.6) is 5.75 Å². The Labute approximate surface area is 167 Å². The Morgan fingerprint density at radius 1 is 1.12 bits per heavy atom. The summed E-state index contributed by atoms with van der Waals surface area (Å²) in [5, 5.41) is 24.2. The van der Waals surface area contributed by atoms with Gasteiger partial charge < -0.3 is 10.4 Å². The van der Waals surface area contributed by atoms with Crippen LogP contribution in [0.3, 0.4) is 0 Å². The van der Waals surface area contributed by atoms with Crippen molar-refractivity contribution >= 4 is 60.3 Å². The minimum absolute atomic E-state index is 0.0427. The maximum atomic E-state index is 12.6. The van der Waals surface area contributed by atoms with Crippen molar-refractivity contribution in [2.24, 2.45) is 0 Å². The Hall–Kier alpha value is -2.62. The number of phenolic OH excluding ortho intramolecular Hbond substituents is 1. The van der Waals surface area contributed by atoms with Crippen molar-refractivity contribution in [1.29, 1.82) is 5.26 Å². The van der Waals surface area contributed by atoms with Gasteiger partial charge in [-0.1, -0.05) is 52.3 Å². The molecule has 0 aliphatic carbocycles. The largest absolute Gasteiger partial charge is 0.506 e. The topological polar surface area (TPSA) is 73.1 Å². The minimum Gasteiger partial charge on any atom is -0.506 e. The Morgan fingerprint density at radius 2 is 1.85 bits per heavy atom. The fourth-order valence-electron chi connectivity index (χ4n) is 2.52. The van der Waals surface area contributed by atoms with Crippen LogP contribution < -0.4 is 5.32 Å². The number of amides is 1. The summed E-state index contributed by atoms with van der Waals surface area (Å²) in [5.74, 6) is -0.585. The molecule has 0 aromatic heterocycles. The Bertz CT molecular complexity index is 1080. The molecule has 0 saturated heterocycles. The van der Waals surface area contributed by atoms with Gasteiger partial charge in [0.05, 0.1) is 4.47 Å². The number of carbonyl (C=O) groups is 1. The van der Waals surface area contributed by atoms with Gasteiger partial charge in [0, 0.05) is 21.1 Å². The molecule has 0 spiro atoms. The van der Waals surface area contributed by atoms with E-state index in [0.717, 1.165) is 10.8 Å². The van der Waals surface area contributed by atoms with Crippen LogP contribution in [0.25, 0.3) is 16.8 Å². The average Bonchev–Trinajstić information content (AvgIpc) is 2.63. The zero-order valence-corrected chi connectivity index (χ0v) is 16.5. The van der Waals surface area contributed by atoms with Gasteiger partial charge in [0.15, 0.2) is 0 Å². The molecular formula is C20H12Br2N2O2. The second-order valence-electron chi connectivity index (χ2n) is 5.48. The summed E-state index contributed by atoms with van der Waals surface area (Å²) in [6, 6.07) is 18.4. The predicted molar refractivity (Wildman–Crippen MR) is 110 cm³/mol. The summed E-state index contributed by atoms with van der Waals surface area (Å²) in [4.78, 5) is 12.6. The van der Waals surface area contributed by atoms with Crippen LogP contribution in [0.4, 0.5) is 5.69 Å². The molecule has 0 heterocycles. The van der Waals surface area contributed by atoms with Gasteiger partial charge in [-0.15, -0.1) is 0 Å². The lowest BCUT2D eigenvalue weighted by molar-refractivity contribution is -0.112. The molecule has 6 heteroatoms. The molecule has 0 radical (unpaired) electrons. The summed E-state index contributed by atoms with van der Waals surface area (Å²) in [6.07, 6.45) is 1.35. The summed E-state index contributed by atoms with van der Waals surface area (Å²) in [6.45, 7) is 0. The molecule has 3 aromatic carbocycles. The fraction of sp³-hybridized carbons (Fsp3) is 0. The van der Waals surface area contributed by atoms with E-state index in [4.69, 9.17) is 0 Å². The van der Waals surface area contributed by atoms with Crippen molar-refractivity contribution in [2.45, 2.75) is 0 Å². The maximum absolute atomic E-state index is 12.6.